The fourth-order valence-electron chi connectivity index (χ4n) is 2.74. The van der Waals surface area contributed by atoms with E-state index < -0.39 is 29.3 Å². The van der Waals surface area contributed by atoms with Gasteiger partial charge in [-0.2, -0.15) is 0 Å². The summed E-state index contributed by atoms with van der Waals surface area (Å²) in [6.45, 7) is -0.657. The number of esters is 1. The minimum Gasteiger partial charge on any atom is -0.480 e. The van der Waals surface area contributed by atoms with Crippen molar-refractivity contribution in [3.63, 3.8) is 0 Å². The van der Waals surface area contributed by atoms with Gasteiger partial charge in [0.1, 0.15) is 11.3 Å². The SMILES string of the molecule is O=C(COc1c(C(=O)O)ccc2ccccc12)OC1(O)C=CC([N+](=O)[O-])=CC1. The molecule has 2 N–H and O–H groups in total. The molecule has 9 heteroatoms. The van der Waals surface area contributed by atoms with Gasteiger partial charge in [-0.25, -0.2) is 9.59 Å². The van der Waals surface area contributed by atoms with E-state index in [1.165, 1.54) is 6.07 Å². The summed E-state index contributed by atoms with van der Waals surface area (Å²) in [5, 5.41) is 31.5. The number of fused-ring (bicyclic) bond motifs is 1. The number of nitrogens with zero attached hydrogens (tertiary/aromatic N) is 1. The van der Waals surface area contributed by atoms with Crippen molar-refractivity contribution in [3.8, 4) is 5.75 Å². The second-order valence-corrected chi connectivity index (χ2v) is 6.00. The molecule has 1 aliphatic rings. The third-order valence-corrected chi connectivity index (χ3v) is 4.06. The molecule has 1 aliphatic carbocycles. The second kappa shape index (κ2) is 7.49. The summed E-state index contributed by atoms with van der Waals surface area (Å²) in [6.07, 6.45) is 2.87. The Morgan fingerprint density at radius 1 is 1.21 bits per heavy atom. The Morgan fingerprint density at radius 3 is 2.61 bits per heavy atom. The Hall–Kier alpha value is -3.72. The molecule has 0 spiro atoms. The van der Waals surface area contributed by atoms with Crippen LogP contribution in [0.5, 0.6) is 5.75 Å². The zero-order valence-electron chi connectivity index (χ0n) is 14.4. The van der Waals surface area contributed by atoms with Crippen molar-refractivity contribution in [2.75, 3.05) is 6.61 Å². The van der Waals surface area contributed by atoms with Gasteiger partial charge in [-0.1, -0.05) is 30.3 Å². The first-order valence-electron chi connectivity index (χ1n) is 8.15. The normalized spacial score (nSPS) is 18.4. The van der Waals surface area contributed by atoms with Crippen LogP contribution in [0.4, 0.5) is 0 Å². The fourth-order valence-corrected chi connectivity index (χ4v) is 2.74. The highest BCUT2D eigenvalue weighted by atomic mass is 16.7. The Morgan fingerprint density at radius 2 is 1.96 bits per heavy atom. The second-order valence-electron chi connectivity index (χ2n) is 6.00. The van der Waals surface area contributed by atoms with Crippen LogP contribution < -0.4 is 4.74 Å². The Kier molecular flexibility index (Phi) is 5.10. The first-order chi connectivity index (χ1) is 13.3. The predicted octanol–water partition coefficient (Wildman–Crippen LogP) is 2.27. The number of carboxylic acid groups (broad SMARTS) is 1. The topological polar surface area (TPSA) is 136 Å². The number of benzene rings is 2. The van der Waals surface area contributed by atoms with Crippen LogP contribution in [-0.4, -0.2) is 39.5 Å². The van der Waals surface area contributed by atoms with Crippen molar-refractivity contribution < 1.29 is 34.2 Å². The standard InChI is InChI=1S/C19H15NO8/c21-16(28-19(24)9-7-13(8-10-19)20(25)26)11-27-17-14-4-2-1-3-12(14)5-6-15(17)18(22)23/h1-9,24H,10-11H2,(H,22,23). The molecule has 0 radical (unpaired) electrons. The highest BCUT2D eigenvalue weighted by Crippen LogP contribution is 2.30. The number of ether oxygens (including phenoxy) is 2. The van der Waals surface area contributed by atoms with E-state index in [1.54, 1.807) is 30.3 Å². The van der Waals surface area contributed by atoms with Crippen molar-refractivity contribution in [1.29, 1.82) is 0 Å². The van der Waals surface area contributed by atoms with Crippen molar-refractivity contribution in [2.45, 2.75) is 12.2 Å². The van der Waals surface area contributed by atoms with Crippen LogP contribution in [0.1, 0.15) is 16.8 Å². The van der Waals surface area contributed by atoms with E-state index in [4.69, 9.17) is 9.47 Å². The highest BCUT2D eigenvalue weighted by Gasteiger charge is 2.32. The van der Waals surface area contributed by atoms with Crippen LogP contribution in [0.3, 0.4) is 0 Å². The maximum absolute atomic E-state index is 12.1. The monoisotopic (exact) mass is 385 g/mol. The van der Waals surface area contributed by atoms with Crippen LogP contribution in [0.25, 0.3) is 10.8 Å². The number of hydrogen-bond acceptors (Lipinski definition) is 7. The third-order valence-electron chi connectivity index (χ3n) is 4.06. The number of allylic oxidation sites excluding steroid dienone is 1. The number of carbonyl (C=O) groups excluding carboxylic acids is 1. The molecule has 0 aliphatic heterocycles. The van der Waals surface area contributed by atoms with Crippen molar-refractivity contribution in [3.05, 3.63) is 76.0 Å². The van der Waals surface area contributed by atoms with Crippen LogP contribution in [0, 0.1) is 10.1 Å². The van der Waals surface area contributed by atoms with Gasteiger partial charge in [0.15, 0.2) is 6.61 Å². The van der Waals surface area contributed by atoms with E-state index >= 15 is 0 Å². The lowest BCUT2D eigenvalue weighted by Gasteiger charge is -2.24. The lowest BCUT2D eigenvalue weighted by Crippen LogP contribution is -2.35. The quantitative estimate of drug-likeness (QED) is 0.334. The van der Waals surface area contributed by atoms with Crippen LogP contribution in [0.15, 0.2) is 60.3 Å². The number of rotatable bonds is 6. The fraction of sp³-hybridized carbons (Fsp3) is 0.158. The molecule has 28 heavy (non-hydrogen) atoms. The van der Waals surface area contributed by atoms with Gasteiger partial charge in [-0.15, -0.1) is 0 Å². The summed E-state index contributed by atoms with van der Waals surface area (Å²) in [6, 6.07) is 9.89. The van der Waals surface area contributed by atoms with E-state index in [0.717, 1.165) is 23.6 Å². The Labute approximate surface area is 158 Å². The molecule has 3 rings (SSSR count). The number of nitro groups is 1. The molecular weight excluding hydrogens is 370 g/mol. The molecular formula is C19H15NO8. The van der Waals surface area contributed by atoms with Gasteiger partial charge >= 0.3 is 11.9 Å². The summed E-state index contributed by atoms with van der Waals surface area (Å²) in [7, 11) is 0. The van der Waals surface area contributed by atoms with E-state index in [0.29, 0.717) is 5.39 Å². The van der Waals surface area contributed by atoms with Crippen molar-refractivity contribution >= 4 is 22.7 Å². The minimum absolute atomic E-state index is 0.00394. The summed E-state index contributed by atoms with van der Waals surface area (Å²) in [4.78, 5) is 33.6. The van der Waals surface area contributed by atoms with Crippen molar-refractivity contribution in [1.82, 2.24) is 0 Å². The average molecular weight is 385 g/mol. The lowest BCUT2D eigenvalue weighted by atomic mass is 10.1. The van der Waals surface area contributed by atoms with E-state index in [2.05, 4.69) is 0 Å². The van der Waals surface area contributed by atoms with Gasteiger partial charge in [0.25, 0.3) is 5.70 Å². The van der Waals surface area contributed by atoms with Gasteiger partial charge in [-0.05, 0) is 17.5 Å². The van der Waals surface area contributed by atoms with E-state index in [-0.39, 0.29) is 23.4 Å². The number of carbonyl (C=O) groups is 2. The molecule has 9 nitrogen and oxygen atoms in total. The zero-order chi connectivity index (χ0) is 20.3. The molecule has 0 fully saturated rings. The van der Waals surface area contributed by atoms with Gasteiger partial charge in [0.05, 0.1) is 4.92 Å². The molecule has 0 heterocycles. The Balaban J connectivity index is 1.73. The average Bonchev–Trinajstić information content (AvgIpc) is 2.65. The maximum atomic E-state index is 12.1. The minimum atomic E-state index is -2.03. The number of aliphatic hydroxyl groups is 1. The molecule has 1 unspecified atom stereocenters. The van der Waals surface area contributed by atoms with Gasteiger partial charge in [-0.3, -0.25) is 10.1 Å². The maximum Gasteiger partial charge on any atom is 0.346 e. The van der Waals surface area contributed by atoms with Gasteiger partial charge in [0.2, 0.25) is 5.79 Å². The molecule has 0 saturated heterocycles. The molecule has 0 aromatic heterocycles. The largest absolute Gasteiger partial charge is 0.480 e. The molecule has 0 saturated carbocycles. The number of carboxylic acids is 1. The third kappa shape index (κ3) is 3.99. The molecule has 1 atom stereocenters. The lowest BCUT2D eigenvalue weighted by molar-refractivity contribution is -0.420. The molecule has 0 amide bonds. The number of hydrogen-bond donors (Lipinski definition) is 2. The van der Waals surface area contributed by atoms with Crippen LogP contribution >= 0.6 is 0 Å². The molecule has 144 valence electrons. The Bertz CT molecular complexity index is 1030. The van der Waals surface area contributed by atoms with Gasteiger partial charge < -0.3 is 19.7 Å². The van der Waals surface area contributed by atoms with E-state index in [9.17, 15) is 29.9 Å². The summed E-state index contributed by atoms with van der Waals surface area (Å²) in [5.74, 6) is -4.21. The summed E-state index contributed by atoms with van der Waals surface area (Å²) in [5.41, 5.74) is -0.347. The zero-order valence-corrected chi connectivity index (χ0v) is 14.4. The van der Waals surface area contributed by atoms with E-state index in [1.807, 2.05) is 0 Å². The number of aromatic carboxylic acids is 1. The molecule has 2 aromatic rings. The predicted molar refractivity (Wildman–Crippen MR) is 96.3 cm³/mol. The highest BCUT2D eigenvalue weighted by molar-refractivity contribution is 6.00. The first kappa shape index (κ1) is 19.1. The summed E-state index contributed by atoms with van der Waals surface area (Å²) >= 11 is 0. The molecule has 0 bridgehead atoms. The smallest absolute Gasteiger partial charge is 0.346 e. The van der Waals surface area contributed by atoms with Crippen LogP contribution in [0.2, 0.25) is 0 Å². The first-order valence-corrected chi connectivity index (χ1v) is 8.15. The molecule has 2 aromatic carbocycles. The van der Waals surface area contributed by atoms with Gasteiger partial charge in [0, 0.05) is 24.0 Å². The summed E-state index contributed by atoms with van der Waals surface area (Å²) < 4.78 is 10.3. The van der Waals surface area contributed by atoms with Crippen LogP contribution in [-0.2, 0) is 9.53 Å². The van der Waals surface area contributed by atoms with Crippen molar-refractivity contribution in [2.24, 2.45) is 0 Å².